The summed E-state index contributed by atoms with van der Waals surface area (Å²) in [4.78, 5) is 13.2. The Morgan fingerprint density at radius 2 is 2.14 bits per heavy atom. The van der Waals surface area contributed by atoms with Crippen LogP contribution in [0.3, 0.4) is 0 Å². The highest BCUT2D eigenvalue weighted by molar-refractivity contribution is 5.91. The SMILES string of the molecule is CCCN(C(C)=O)c1cccc(C)c1. The van der Waals surface area contributed by atoms with Crippen molar-refractivity contribution in [1.82, 2.24) is 0 Å². The van der Waals surface area contributed by atoms with Crippen molar-refractivity contribution >= 4 is 11.6 Å². The first-order valence-corrected chi connectivity index (χ1v) is 5.00. The molecule has 0 aliphatic rings. The Hall–Kier alpha value is -1.31. The van der Waals surface area contributed by atoms with Gasteiger partial charge in [-0.15, -0.1) is 0 Å². The summed E-state index contributed by atoms with van der Waals surface area (Å²) in [6.45, 7) is 6.51. The molecule has 1 rings (SSSR count). The van der Waals surface area contributed by atoms with Gasteiger partial charge in [0.1, 0.15) is 0 Å². The minimum absolute atomic E-state index is 0.109. The van der Waals surface area contributed by atoms with Crippen LogP contribution in [0.1, 0.15) is 25.8 Å². The third-order valence-corrected chi connectivity index (χ3v) is 2.14. The van der Waals surface area contributed by atoms with E-state index < -0.39 is 0 Å². The van der Waals surface area contributed by atoms with Crippen molar-refractivity contribution < 1.29 is 4.79 Å². The molecule has 1 aromatic carbocycles. The quantitative estimate of drug-likeness (QED) is 0.719. The number of carbonyl (C=O) groups excluding carboxylic acids is 1. The normalized spacial score (nSPS) is 9.93. The van der Waals surface area contributed by atoms with Crippen LogP contribution in [0.4, 0.5) is 5.69 Å². The van der Waals surface area contributed by atoms with Crippen LogP contribution in [-0.4, -0.2) is 12.5 Å². The predicted octanol–water partition coefficient (Wildman–Crippen LogP) is 2.76. The first-order chi connectivity index (χ1) is 6.65. The molecular formula is C12H17NO. The fourth-order valence-corrected chi connectivity index (χ4v) is 1.49. The molecule has 1 amide bonds. The molecule has 14 heavy (non-hydrogen) atoms. The van der Waals surface area contributed by atoms with Crippen LogP contribution < -0.4 is 4.90 Å². The topological polar surface area (TPSA) is 20.3 Å². The van der Waals surface area contributed by atoms with Crippen molar-refractivity contribution in [2.24, 2.45) is 0 Å². The number of hydrogen-bond donors (Lipinski definition) is 0. The lowest BCUT2D eigenvalue weighted by atomic mass is 10.2. The van der Waals surface area contributed by atoms with Crippen LogP contribution in [0, 0.1) is 6.92 Å². The van der Waals surface area contributed by atoms with Crippen LogP contribution in [-0.2, 0) is 4.79 Å². The van der Waals surface area contributed by atoms with E-state index in [1.165, 1.54) is 5.56 Å². The number of amides is 1. The van der Waals surface area contributed by atoms with Gasteiger partial charge in [-0.05, 0) is 31.0 Å². The van der Waals surface area contributed by atoms with Gasteiger partial charge in [-0.2, -0.15) is 0 Å². The number of aryl methyl sites for hydroxylation is 1. The molecule has 0 heterocycles. The lowest BCUT2D eigenvalue weighted by molar-refractivity contribution is -0.116. The summed E-state index contributed by atoms with van der Waals surface area (Å²) < 4.78 is 0. The fourth-order valence-electron chi connectivity index (χ4n) is 1.49. The molecule has 0 radical (unpaired) electrons. The van der Waals surface area contributed by atoms with Crippen molar-refractivity contribution in [3.8, 4) is 0 Å². The zero-order chi connectivity index (χ0) is 10.6. The van der Waals surface area contributed by atoms with E-state index >= 15 is 0 Å². The van der Waals surface area contributed by atoms with Gasteiger partial charge < -0.3 is 4.90 Å². The minimum Gasteiger partial charge on any atom is -0.313 e. The van der Waals surface area contributed by atoms with Crippen molar-refractivity contribution in [1.29, 1.82) is 0 Å². The Morgan fingerprint density at radius 3 is 2.64 bits per heavy atom. The molecule has 0 aromatic heterocycles. The molecule has 0 unspecified atom stereocenters. The molecule has 0 fully saturated rings. The standard InChI is InChI=1S/C12H17NO/c1-4-8-13(11(3)14)12-7-5-6-10(2)9-12/h5-7,9H,4,8H2,1-3H3. The second-order valence-electron chi connectivity index (χ2n) is 3.51. The number of carbonyl (C=O) groups is 1. The summed E-state index contributed by atoms with van der Waals surface area (Å²) in [5.41, 5.74) is 2.18. The highest BCUT2D eigenvalue weighted by Crippen LogP contribution is 2.16. The average molecular weight is 191 g/mol. The zero-order valence-electron chi connectivity index (χ0n) is 9.08. The Morgan fingerprint density at radius 1 is 1.43 bits per heavy atom. The van der Waals surface area contributed by atoms with Crippen molar-refractivity contribution in [2.75, 3.05) is 11.4 Å². The summed E-state index contributed by atoms with van der Waals surface area (Å²) in [5, 5.41) is 0. The minimum atomic E-state index is 0.109. The summed E-state index contributed by atoms with van der Waals surface area (Å²) in [6, 6.07) is 8.03. The molecule has 1 aromatic rings. The van der Waals surface area contributed by atoms with E-state index in [-0.39, 0.29) is 5.91 Å². The van der Waals surface area contributed by atoms with Crippen LogP contribution in [0.2, 0.25) is 0 Å². The number of anilines is 1. The van der Waals surface area contributed by atoms with Gasteiger partial charge in [-0.1, -0.05) is 19.1 Å². The maximum atomic E-state index is 11.4. The van der Waals surface area contributed by atoms with E-state index in [0.717, 1.165) is 18.7 Å². The smallest absolute Gasteiger partial charge is 0.223 e. The van der Waals surface area contributed by atoms with Gasteiger partial charge in [0, 0.05) is 19.2 Å². The molecule has 0 saturated heterocycles. The van der Waals surface area contributed by atoms with Gasteiger partial charge in [0.15, 0.2) is 0 Å². The number of nitrogens with zero attached hydrogens (tertiary/aromatic N) is 1. The van der Waals surface area contributed by atoms with Gasteiger partial charge in [0.2, 0.25) is 5.91 Å². The summed E-state index contributed by atoms with van der Waals surface area (Å²) in [6.07, 6.45) is 0.980. The van der Waals surface area contributed by atoms with E-state index in [1.807, 2.05) is 36.1 Å². The lowest BCUT2D eigenvalue weighted by Gasteiger charge is -2.20. The predicted molar refractivity (Wildman–Crippen MR) is 59.5 cm³/mol. The molecule has 0 bridgehead atoms. The van der Waals surface area contributed by atoms with E-state index in [4.69, 9.17) is 0 Å². The Labute approximate surface area is 85.5 Å². The van der Waals surface area contributed by atoms with Crippen LogP contribution in [0.25, 0.3) is 0 Å². The Kier molecular flexibility index (Phi) is 3.69. The second kappa shape index (κ2) is 4.80. The molecule has 76 valence electrons. The Balaban J connectivity index is 2.93. The highest BCUT2D eigenvalue weighted by Gasteiger charge is 2.09. The van der Waals surface area contributed by atoms with Crippen molar-refractivity contribution in [2.45, 2.75) is 27.2 Å². The molecule has 0 saturated carbocycles. The van der Waals surface area contributed by atoms with Crippen molar-refractivity contribution in [3.63, 3.8) is 0 Å². The van der Waals surface area contributed by atoms with E-state index in [2.05, 4.69) is 6.92 Å². The molecule has 0 aliphatic heterocycles. The van der Waals surface area contributed by atoms with Crippen molar-refractivity contribution in [3.05, 3.63) is 29.8 Å². The number of rotatable bonds is 3. The third kappa shape index (κ3) is 2.59. The summed E-state index contributed by atoms with van der Waals surface area (Å²) in [7, 11) is 0. The van der Waals surface area contributed by atoms with E-state index in [0.29, 0.717) is 0 Å². The first kappa shape index (κ1) is 10.8. The van der Waals surface area contributed by atoms with E-state index in [9.17, 15) is 4.79 Å². The Bertz CT molecular complexity index is 320. The maximum absolute atomic E-state index is 11.4. The molecule has 0 aliphatic carbocycles. The summed E-state index contributed by atoms with van der Waals surface area (Å²) in [5.74, 6) is 0.109. The monoisotopic (exact) mass is 191 g/mol. The van der Waals surface area contributed by atoms with E-state index in [1.54, 1.807) is 6.92 Å². The lowest BCUT2D eigenvalue weighted by Crippen LogP contribution is -2.29. The van der Waals surface area contributed by atoms with Gasteiger partial charge >= 0.3 is 0 Å². The second-order valence-corrected chi connectivity index (χ2v) is 3.51. The molecule has 2 heteroatoms. The number of benzene rings is 1. The molecule has 0 spiro atoms. The highest BCUT2D eigenvalue weighted by atomic mass is 16.2. The number of hydrogen-bond acceptors (Lipinski definition) is 1. The van der Waals surface area contributed by atoms with Crippen LogP contribution in [0.5, 0.6) is 0 Å². The third-order valence-electron chi connectivity index (χ3n) is 2.14. The molecule has 0 atom stereocenters. The first-order valence-electron chi connectivity index (χ1n) is 5.00. The summed E-state index contributed by atoms with van der Waals surface area (Å²) >= 11 is 0. The van der Waals surface area contributed by atoms with Crippen LogP contribution in [0.15, 0.2) is 24.3 Å². The fraction of sp³-hybridized carbons (Fsp3) is 0.417. The van der Waals surface area contributed by atoms with Gasteiger partial charge in [0.25, 0.3) is 0 Å². The van der Waals surface area contributed by atoms with Gasteiger partial charge in [0.05, 0.1) is 0 Å². The van der Waals surface area contributed by atoms with Gasteiger partial charge in [-0.3, -0.25) is 4.79 Å². The molecule has 2 nitrogen and oxygen atoms in total. The largest absolute Gasteiger partial charge is 0.313 e. The maximum Gasteiger partial charge on any atom is 0.223 e. The molecule has 0 N–H and O–H groups in total. The molecular weight excluding hydrogens is 174 g/mol. The van der Waals surface area contributed by atoms with Gasteiger partial charge in [-0.25, -0.2) is 0 Å². The van der Waals surface area contributed by atoms with Crippen LogP contribution >= 0.6 is 0 Å². The zero-order valence-corrected chi connectivity index (χ0v) is 9.08. The average Bonchev–Trinajstić information content (AvgIpc) is 2.13.